The second-order valence-corrected chi connectivity index (χ2v) is 8.65. The lowest BCUT2D eigenvalue weighted by molar-refractivity contribution is 0.507. The number of pyridine rings is 1. The number of nitrogens with zero attached hydrogens (tertiary/aromatic N) is 3. The summed E-state index contributed by atoms with van der Waals surface area (Å²) in [6, 6.07) is 19.8. The van der Waals surface area contributed by atoms with Crippen LogP contribution in [0.2, 0.25) is 0 Å². The molecule has 0 amide bonds. The molecule has 0 aliphatic carbocycles. The number of anilines is 1. The number of benzene rings is 2. The molecule has 1 aliphatic rings. The summed E-state index contributed by atoms with van der Waals surface area (Å²) >= 11 is 0. The smallest absolute Gasteiger partial charge is 0.153 e. The Hall–Kier alpha value is -2.85. The molecular weight excluding hydrogens is 421 g/mol. The van der Waals surface area contributed by atoms with E-state index in [9.17, 15) is 4.39 Å². The molecule has 0 radical (unpaired) electrons. The van der Waals surface area contributed by atoms with E-state index >= 15 is 0 Å². The molecule has 3 heterocycles. The molecule has 3 nitrogen and oxygen atoms in total. The van der Waals surface area contributed by atoms with E-state index in [1.54, 1.807) is 0 Å². The Kier molecular flexibility index (Phi) is 6.52. The molecule has 5 rings (SSSR count). The van der Waals surface area contributed by atoms with Crippen molar-refractivity contribution >= 4 is 29.1 Å². The van der Waals surface area contributed by atoms with E-state index in [0.717, 1.165) is 30.9 Å². The summed E-state index contributed by atoms with van der Waals surface area (Å²) in [5.74, 6) is 1.39. The van der Waals surface area contributed by atoms with Crippen LogP contribution in [0.1, 0.15) is 41.1 Å². The molecular formula is C27H29ClFN3. The second-order valence-electron chi connectivity index (χ2n) is 8.65. The first-order valence-electron chi connectivity index (χ1n) is 11.1. The third kappa shape index (κ3) is 4.12. The summed E-state index contributed by atoms with van der Waals surface area (Å²) in [6.07, 6.45) is 4.32. The maximum atomic E-state index is 13.4. The summed E-state index contributed by atoms with van der Waals surface area (Å²) in [6.45, 7) is 7.08. The fourth-order valence-corrected chi connectivity index (χ4v) is 4.94. The van der Waals surface area contributed by atoms with E-state index in [-0.39, 0.29) is 18.2 Å². The number of aromatic nitrogens is 2. The van der Waals surface area contributed by atoms with Crippen LogP contribution >= 0.6 is 12.4 Å². The fraction of sp³-hybridized carbons (Fsp3) is 0.296. The number of piperidine rings is 1. The minimum absolute atomic E-state index is 0. The molecule has 0 saturated carbocycles. The molecule has 1 atom stereocenters. The number of fused-ring (bicyclic) bond motifs is 1. The maximum Gasteiger partial charge on any atom is 0.153 e. The number of aryl methyl sites for hydroxylation is 1. The molecule has 2 aromatic heterocycles. The van der Waals surface area contributed by atoms with E-state index < -0.39 is 0 Å². The minimum atomic E-state index is -0.198. The van der Waals surface area contributed by atoms with Crippen molar-refractivity contribution in [3.8, 4) is 0 Å². The lowest BCUT2D eigenvalue weighted by Gasteiger charge is -2.34. The van der Waals surface area contributed by atoms with Gasteiger partial charge in [0.15, 0.2) is 5.82 Å². The van der Waals surface area contributed by atoms with Crippen LogP contribution in [0, 0.1) is 19.7 Å². The van der Waals surface area contributed by atoms with Crippen molar-refractivity contribution in [2.45, 2.75) is 39.2 Å². The van der Waals surface area contributed by atoms with Gasteiger partial charge in [-0.15, -0.1) is 12.4 Å². The van der Waals surface area contributed by atoms with Gasteiger partial charge in [0.25, 0.3) is 0 Å². The summed E-state index contributed by atoms with van der Waals surface area (Å²) in [5.41, 5.74) is 6.23. The Labute approximate surface area is 195 Å². The SMILES string of the molecule is Cc1c(C)n(Cc2ccc(F)cc2)c2c(N3CCCC(c4ccccc4)C3)nccc12.Cl. The Morgan fingerprint density at radius 1 is 1.00 bits per heavy atom. The van der Waals surface area contributed by atoms with Crippen LogP contribution in [0.4, 0.5) is 10.2 Å². The average Bonchev–Trinajstić information content (AvgIpc) is 3.06. The lowest BCUT2D eigenvalue weighted by atomic mass is 9.90. The van der Waals surface area contributed by atoms with Crippen LogP contribution in [-0.2, 0) is 6.54 Å². The summed E-state index contributed by atoms with van der Waals surface area (Å²) in [5, 5.41) is 1.26. The molecule has 32 heavy (non-hydrogen) atoms. The zero-order valence-corrected chi connectivity index (χ0v) is 19.4. The van der Waals surface area contributed by atoms with Gasteiger partial charge in [-0.25, -0.2) is 9.37 Å². The normalized spacial score (nSPS) is 16.2. The Balaban J connectivity index is 0.00000245. The van der Waals surface area contributed by atoms with Crippen molar-refractivity contribution < 1.29 is 4.39 Å². The van der Waals surface area contributed by atoms with Crippen molar-refractivity contribution in [2.75, 3.05) is 18.0 Å². The highest BCUT2D eigenvalue weighted by atomic mass is 35.5. The van der Waals surface area contributed by atoms with Gasteiger partial charge < -0.3 is 9.47 Å². The molecule has 4 aromatic rings. The molecule has 166 valence electrons. The zero-order chi connectivity index (χ0) is 21.4. The van der Waals surface area contributed by atoms with Gasteiger partial charge in [0.2, 0.25) is 0 Å². The van der Waals surface area contributed by atoms with Crippen molar-refractivity contribution in [3.05, 3.63) is 95.1 Å². The Bertz CT molecular complexity index is 1200. The average molecular weight is 450 g/mol. The standard InChI is InChI=1S/C27H28FN3.ClH/c1-19-20(2)31(17-21-10-12-24(28)13-11-21)26-25(19)14-15-29-27(26)30-16-6-9-23(18-30)22-7-4-3-5-8-22;/h3-5,7-8,10-15,23H,6,9,16-18H2,1-2H3;1H. The Morgan fingerprint density at radius 3 is 2.50 bits per heavy atom. The number of hydrogen-bond donors (Lipinski definition) is 0. The van der Waals surface area contributed by atoms with Gasteiger partial charge in [0.05, 0.1) is 5.52 Å². The first kappa shape index (κ1) is 22.3. The molecule has 1 aliphatic heterocycles. The fourth-order valence-electron chi connectivity index (χ4n) is 4.94. The van der Waals surface area contributed by atoms with Crippen LogP contribution in [0.3, 0.4) is 0 Å². The highest BCUT2D eigenvalue weighted by molar-refractivity contribution is 5.93. The van der Waals surface area contributed by atoms with Crippen LogP contribution in [-0.4, -0.2) is 22.6 Å². The molecule has 1 unspecified atom stereocenters. The molecule has 0 bridgehead atoms. The van der Waals surface area contributed by atoms with Crippen molar-refractivity contribution in [1.29, 1.82) is 0 Å². The van der Waals surface area contributed by atoms with Crippen LogP contribution in [0.15, 0.2) is 66.9 Å². The van der Waals surface area contributed by atoms with Gasteiger partial charge >= 0.3 is 0 Å². The molecule has 5 heteroatoms. The largest absolute Gasteiger partial charge is 0.354 e. The highest BCUT2D eigenvalue weighted by Gasteiger charge is 2.25. The molecule has 0 spiro atoms. The first-order chi connectivity index (χ1) is 15.1. The molecule has 1 saturated heterocycles. The summed E-state index contributed by atoms with van der Waals surface area (Å²) in [4.78, 5) is 7.34. The Morgan fingerprint density at radius 2 is 1.75 bits per heavy atom. The lowest BCUT2D eigenvalue weighted by Crippen LogP contribution is -2.35. The molecule has 0 N–H and O–H groups in total. The summed E-state index contributed by atoms with van der Waals surface area (Å²) < 4.78 is 15.8. The van der Waals surface area contributed by atoms with Crippen LogP contribution in [0.5, 0.6) is 0 Å². The minimum Gasteiger partial charge on any atom is -0.354 e. The van der Waals surface area contributed by atoms with E-state index in [1.807, 2.05) is 18.3 Å². The topological polar surface area (TPSA) is 21.1 Å². The van der Waals surface area contributed by atoms with E-state index in [0.29, 0.717) is 12.5 Å². The van der Waals surface area contributed by atoms with Crippen LogP contribution in [0.25, 0.3) is 10.9 Å². The van der Waals surface area contributed by atoms with E-state index in [2.05, 4.69) is 59.7 Å². The third-order valence-corrected chi connectivity index (χ3v) is 6.77. The maximum absolute atomic E-state index is 13.4. The van der Waals surface area contributed by atoms with Crippen LogP contribution < -0.4 is 4.90 Å². The predicted molar refractivity (Wildman–Crippen MR) is 133 cm³/mol. The van der Waals surface area contributed by atoms with Gasteiger partial charge in [0.1, 0.15) is 5.82 Å². The summed E-state index contributed by atoms with van der Waals surface area (Å²) in [7, 11) is 0. The van der Waals surface area contributed by atoms with Gasteiger partial charge in [-0.1, -0.05) is 42.5 Å². The van der Waals surface area contributed by atoms with Gasteiger partial charge in [-0.3, -0.25) is 0 Å². The zero-order valence-electron chi connectivity index (χ0n) is 18.6. The van der Waals surface area contributed by atoms with E-state index in [1.165, 1.54) is 46.3 Å². The van der Waals surface area contributed by atoms with Gasteiger partial charge in [-0.2, -0.15) is 0 Å². The number of hydrogen-bond acceptors (Lipinski definition) is 2. The predicted octanol–water partition coefficient (Wildman–Crippen LogP) is 6.65. The first-order valence-corrected chi connectivity index (χ1v) is 11.1. The van der Waals surface area contributed by atoms with Gasteiger partial charge in [0, 0.05) is 42.8 Å². The molecule has 2 aromatic carbocycles. The van der Waals surface area contributed by atoms with Crippen molar-refractivity contribution in [1.82, 2.24) is 9.55 Å². The van der Waals surface area contributed by atoms with Crippen molar-refractivity contribution in [3.63, 3.8) is 0 Å². The quantitative estimate of drug-likeness (QED) is 0.348. The highest BCUT2D eigenvalue weighted by Crippen LogP contribution is 2.35. The number of rotatable bonds is 4. The monoisotopic (exact) mass is 449 g/mol. The second kappa shape index (κ2) is 9.33. The number of halogens is 2. The third-order valence-electron chi connectivity index (χ3n) is 6.77. The van der Waals surface area contributed by atoms with E-state index in [4.69, 9.17) is 4.98 Å². The van der Waals surface area contributed by atoms with Crippen molar-refractivity contribution in [2.24, 2.45) is 0 Å². The van der Waals surface area contributed by atoms with Gasteiger partial charge in [-0.05, 0) is 61.6 Å². The molecule has 1 fully saturated rings.